The van der Waals surface area contributed by atoms with Crippen LogP contribution in [0.4, 0.5) is 0 Å². The molecule has 0 bridgehead atoms. The van der Waals surface area contributed by atoms with Crippen molar-refractivity contribution in [2.75, 3.05) is 26.2 Å². The number of carboxylic acid groups (broad SMARTS) is 1. The summed E-state index contributed by atoms with van der Waals surface area (Å²) in [5.41, 5.74) is 1.21. The molecule has 0 spiro atoms. The Hall–Kier alpha value is -1.55. The molecule has 0 aliphatic carbocycles. The number of ether oxygens (including phenoxy) is 1. The molecule has 1 atom stereocenters. The molecule has 2 rings (SSSR count). The van der Waals surface area contributed by atoms with Crippen LogP contribution < -0.4 is 4.74 Å². The van der Waals surface area contributed by atoms with Crippen LogP contribution in [0.15, 0.2) is 24.3 Å². The lowest BCUT2D eigenvalue weighted by Gasteiger charge is -2.31. The first kappa shape index (κ1) is 15.8. The van der Waals surface area contributed by atoms with E-state index in [9.17, 15) is 4.79 Å². The molecule has 1 unspecified atom stereocenters. The maximum atomic E-state index is 10.8. The zero-order valence-electron chi connectivity index (χ0n) is 12.8. The van der Waals surface area contributed by atoms with Crippen molar-refractivity contribution in [1.82, 2.24) is 4.90 Å². The van der Waals surface area contributed by atoms with E-state index in [1.54, 1.807) is 0 Å². The minimum Gasteiger partial charge on any atom is -0.494 e. The Morgan fingerprint density at radius 1 is 1.48 bits per heavy atom. The Bertz CT molecular complexity index is 461. The van der Waals surface area contributed by atoms with Crippen LogP contribution in [0.3, 0.4) is 0 Å². The Morgan fingerprint density at radius 2 is 2.33 bits per heavy atom. The van der Waals surface area contributed by atoms with Crippen molar-refractivity contribution in [2.24, 2.45) is 5.92 Å². The third-order valence-electron chi connectivity index (χ3n) is 3.94. The number of nitrogens with zero attached hydrogens (tertiary/aromatic N) is 1. The number of hydrogen-bond acceptors (Lipinski definition) is 3. The van der Waals surface area contributed by atoms with Gasteiger partial charge in [0.1, 0.15) is 5.75 Å². The minimum absolute atomic E-state index is 0.302. The van der Waals surface area contributed by atoms with Gasteiger partial charge in [0, 0.05) is 19.5 Å². The van der Waals surface area contributed by atoms with E-state index in [-0.39, 0.29) is 0 Å². The van der Waals surface area contributed by atoms with Gasteiger partial charge in [-0.1, -0.05) is 12.1 Å². The highest BCUT2D eigenvalue weighted by atomic mass is 16.5. The van der Waals surface area contributed by atoms with Gasteiger partial charge in [-0.05, 0) is 56.3 Å². The van der Waals surface area contributed by atoms with Gasteiger partial charge >= 0.3 is 5.97 Å². The largest absolute Gasteiger partial charge is 0.494 e. The standard InChI is InChI=1S/C17H25NO3/c1-14-5-2-7-16(11-14)21-10-4-9-18-8-3-6-15(13-18)12-17(19)20/h2,5,7,11,15H,3-4,6,8-10,12-13H2,1H3,(H,19,20). The first-order valence-corrected chi connectivity index (χ1v) is 7.77. The fourth-order valence-electron chi connectivity index (χ4n) is 2.95. The summed E-state index contributed by atoms with van der Waals surface area (Å²) in [7, 11) is 0. The van der Waals surface area contributed by atoms with Crippen molar-refractivity contribution in [2.45, 2.75) is 32.6 Å². The van der Waals surface area contributed by atoms with Crippen LogP contribution in [0.5, 0.6) is 5.75 Å². The number of rotatable bonds is 7. The number of piperidine rings is 1. The molecule has 1 heterocycles. The number of likely N-dealkylation sites (tertiary alicyclic amines) is 1. The fraction of sp³-hybridized carbons (Fsp3) is 0.588. The second-order valence-corrected chi connectivity index (χ2v) is 5.93. The van der Waals surface area contributed by atoms with Crippen LogP contribution in [0.25, 0.3) is 0 Å². The lowest BCUT2D eigenvalue weighted by atomic mass is 9.95. The number of hydrogen-bond donors (Lipinski definition) is 1. The predicted molar refractivity (Wildman–Crippen MR) is 82.7 cm³/mol. The third kappa shape index (κ3) is 5.76. The quantitative estimate of drug-likeness (QED) is 0.785. The number of carboxylic acids is 1. The molecule has 4 heteroatoms. The van der Waals surface area contributed by atoms with Crippen molar-refractivity contribution in [3.8, 4) is 5.75 Å². The summed E-state index contributed by atoms with van der Waals surface area (Å²) >= 11 is 0. The van der Waals surface area contributed by atoms with Gasteiger partial charge in [-0.3, -0.25) is 4.79 Å². The second-order valence-electron chi connectivity index (χ2n) is 5.93. The summed E-state index contributed by atoms with van der Waals surface area (Å²) in [5, 5.41) is 8.88. The zero-order valence-corrected chi connectivity index (χ0v) is 12.8. The molecule has 1 aliphatic heterocycles. The minimum atomic E-state index is -0.676. The topological polar surface area (TPSA) is 49.8 Å². The molecule has 0 amide bonds. The zero-order chi connectivity index (χ0) is 15.1. The molecule has 116 valence electrons. The monoisotopic (exact) mass is 291 g/mol. The molecule has 0 radical (unpaired) electrons. The van der Waals surface area contributed by atoms with Crippen molar-refractivity contribution in [1.29, 1.82) is 0 Å². The van der Waals surface area contributed by atoms with Gasteiger partial charge in [0.25, 0.3) is 0 Å². The molecule has 1 fully saturated rings. The molecule has 4 nitrogen and oxygen atoms in total. The molecule has 0 saturated carbocycles. The van der Waals surface area contributed by atoms with Crippen molar-refractivity contribution < 1.29 is 14.6 Å². The summed E-state index contributed by atoms with van der Waals surface area (Å²) in [6.45, 7) is 5.76. The number of aryl methyl sites for hydroxylation is 1. The van der Waals surface area contributed by atoms with E-state index in [2.05, 4.69) is 17.9 Å². The maximum absolute atomic E-state index is 10.8. The molecule has 21 heavy (non-hydrogen) atoms. The summed E-state index contributed by atoms with van der Waals surface area (Å²) in [6, 6.07) is 8.09. The molecular weight excluding hydrogens is 266 g/mol. The van der Waals surface area contributed by atoms with E-state index in [0.717, 1.165) is 44.6 Å². The summed E-state index contributed by atoms with van der Waals surface area (Å²) in [4.78, 5) is 13.2. The van der Waals surface area contributed by atoms with Crippen LogP contribution in [0, 0.1) is 12.8 Å². The van der Waals surface area contributed by atoms with Crippen LogP contribution >= 0.6 is 0 Å². The molecule has 1 saturated heterocycles. The van der Waals surface area contributed by atoms with Crippen molar-refractivity contribution in [3.05, 3.63) is 29.8 Å². The number of benzene rings is 1. The van der Waals surface area contributed by atoms with Gasteiger partial charge in [0.15, 0.2) is 0 Å². The third-order valence-corrected chi connectivity index (χ3v) is 3.94. The molecule has 0 aromatic heterocycles. The van der Waals surface area contributed by atoms with Crippen LogP contribution in [0.1, 0.15) is 31.2 Å². The van der Waals surface area contributed by atoms with E-state index in [1.807, 2.05) is 18.2 Å². The van der Waals surface area contributed by atoms with Gasteiger partial charge in [-0.25, -0.2) is 0 Å². The van der Waals surface area contributed by atoms with Crippen LogP contribution in [0.2, 0.25) is 0 Å². The summed E-state index contributed by atoms with van der Waals surface area (Å²) in [6.07, 6.45) is 3.43. The van der Waals surface area contributed by atoms with E-state index >= 15 is 0 Å². The highest BCUT2D eigenvalue weighted by Crippen LogP contribution is 2.19. The van der Waals surface area contributed by atoms with E-state index in [0.29, 0.717) is 18.9 Å². The van der Waals surface area contributed by atoms with Crippen molar-refractivity contribution >= 4 is 5.97 Å². The van der Waals surface area contributed by atoms with Gasteiger partial charge < -0.3 is 14.7 Å². The fourth-order valence-corrected chi connectivity index (χ4v) is 2.95. The molecule has 1 aromatic carbocycles. The molecule has 1 aromatic rings. The van der Waals surface area contributed by atoms with E-state index in [4.69, 9.17) is 9.84 Å². The van der Waals surface area contributed by atoms with Gasteiger partial charge in [0.2, 0.25) is 0 Å². The second kappa shape index (κ2) is 8.03. The smallest absolute Gasteiger partial charge is 0.303 e. The normalized spacial score (nSPS) is 19.4. The first-order chi connectivity index (χ1) is 10.1. The van der Waals surface area contributed by atoms with Crippen LogP contribution in [-0.2, 0) is 4.79 Å². The molecule has 1 N–H and O–H groups in total. The molecular formula is C17H25NO3. The van der Waals surface area contributed by atoms with Gasteiger partial charge in [0.05, 0.1) is 6.61 Å². The van der Waals surface area contributed by atoms with Gasteiger partial charge in [-0.15, -0.1) is 0 Å². The first-order valence-electron chi connectivity index (χ1n) is 7.77. The summed E-state index contributed by atoms with van der Waals surface area (Å²) in [5.74, 6) is 0.566. The highest BCUT2D eigenvalue weighted by molar-refractivity contribution is 5.67. The predicted octanol–water partition coefficient (Wildman–Crippen LogP) is 2.95. The Labute approximate surface area is 126 Å². The lowest BCUT2D eigenvalue weighted by Crippen LogP contribution is -2.37. The Balaban J connectivity index is 1.65. The average molecular weight is 291 g/mol. The highest BCUT2D eigenvalue weighted by Gasteiger charge is 2.21. The number of aliphatic carboxylic acids is 1. The number of carbonyl (C=O) groups is 1. The average Bonchev–Trinajstić information content (AvgIpc) is 2.43. The van der Waals surface area contributed by atoms with E-state index in [1.165, 1.54) is 5.56 Å². The SMILES string of the molecule is Cc1cccc(OCCCN2CCCC(CC(=O)O)C2)c1. The Kier molecular flexibility index (Phi) is 6.05. The lowest BCUT2D eigenvalue weighted by molar-refractivity contribution is -0.138. The van der Waals surface area contributed by atoms with Crippen LogP contribution in [-0.4, -0.2) is 42.2 Å². The Morgan fingerprint density at radius 3 is 3.10 bits per heavy atom. The van der Waals surface area contributed by atoms with Crippen molar-refractivity contribution in [3.63, 3.8) is 0 Å². The maximum Gasteiger partial charge on any atom is 0.303 e. The van der Waals surface area contributed by atoms with Gasteiger partial charge in [-0.2, -0.15) is 0 Å². The van der Waals surface area contributed by atoms with E-state index < -0.39 is 5.97 Å². The summed E-state index contributed by atoms with van der Waals surface area (Å²) < 4.78 is 5.75. The molecule has 1 aliphatic rings.